The number of aromatic nitrogens is 2. The molecule has 0 atom stereocenters. The highest BCUT2D eigenvalue weighted by Crippen LogP contribution is 2.32. The van der Waals surface area contributed by atoms with Gasteiger partial charge in [-0.15, -0.1) is 0 Å². The van der Waals surface area contributed by atoms with Gasteiger partial charge in [0.05, 0.1) is 5.69 Å². The Morgan fingerprint density at radius 3 is 2.63 bits per heavy atom. The van der Waals surface area contributed by atoms with Gasteiger partial charge in [0.2, 0.25) is 0 Å². The van der Waals surface area contributed by atoms with Gasteiger partial charge in [0.25, 0.3) is 0 Å². The van der Waals surface area contributed by atoms with E-state index in [-0.39, 0.29) is 0 Å². The predicted octanol–water partition coefficient (Wildman–Crippen LogP) is 4.17. The third kappa shape index (κ3) is 3.25. The molecule has 1 saturated carbocycles. The topological polar surface area (TPSA) is 17.8 Å². The summed E-state index contributed by atoms with van der Waals surface area (Å²) in [6.07, 6.45) is 9.88. The van der Waals surface area contributed by atoms with Gasteiger partial charge in [-0.05, 0) is 37.3 Å². The quantitative estimate of drug-likeness (QED) is 0.783. The van der Waals surface area contributed by atoms with Gasteiger partial charge in [-0.2, -0.15) is 5.10 Å². The zero-order valence-corrected chi connectivity index (χ0v) is 11.5. The first kappa shape index (κ1) is 12.5. The molecule has 0 aliphatic heterocycles. The fourth-order valence-electron chi connectivity index (χ4n) is 3.03. The predicted molar refractivity (Wildman–Crippen MR) is 78.2 cm³/mol. The van der Waals surface area contributed by atoms with Crippen molar-refractivity contribution in [2.75, 3.05) is 0 Å². The van der Waals surface area contributed by atoms with E-state index in [9.17, 15) is 0 Å². The third-order valence-electron chi connectivity index (χ3n) is 4.13. The minimum atomic E-state index is 0.732. The van der Waals surface area contributed by atoms with Crippen LogP contribution in [0.4, 0.5) is 0 Å². The van der Waals surface area contributed by atoms with Crippen molar-refractivity contribution >= 4 is 0 Å². The lowest BCUT2D eigenvalue weighted by molar-refractivity contribution is 0.559. The van der Waals surface area contributed by atoms with Gasteiger partial charge in [0.15, 0.2) is 0 Å². The lowest BCUT2D eigenvalue weighted by atomic mass is 10.1. The smallest absolute Gasteiger partial charge is 0.0655 e. The maximum absolute atomic E-state index is 4.74. The van der Waals surface area contributed by atoms with E-state index < -0.39 is 0 Å². The van der Waals surface area contributed by atoms with E-state index in [4.69, 9.17) is 5.10 Å². The highest BCUT2D eigenvalue weighted by Gasteiger charge is 2.18. The van der Waals surface area contributed by atoms with E-state index in [1.165, 1.54) is 36.9 Å². The van der Waals surface area contributed by atoms with Crippen LogP contribution < -0.4 is 0 Å². The van der Waals surface area contributed by atoms with Gasteiger partial charge in [0, 0.05) is 18.7 Å². The Bertz CT molecular complexity index is 495. The van der Waals surface area contributed by atoms with Crippen LogP contribution in [-0.2, 0) is 13.0 Å². The first-order chi connectivity index (χ1) is 9.42. The lowest BCUT2D eigenvalue weighted by Gasteiger charge is -2.05. The summed E-state index contributed by atoms with van der Waals surface area (Å²) in [6, 6.07) is 12.9. The van der Waals surface area contributed by atoms with Gasteiger partial charge in [-0.25, -0.2) is 0 Å². The first-order valence-electron chi connectivity index (χ1n) is 7.49. The Kier molecular flexibility index (Phi) is 3.97. The molecule has 0 radical (unpaired) electrons. The van der Waals surface area contributed by atoms with Crippen LogP contribution in [0.1, 0.15) is 49.3 Å². The molecule has 1 aromatic carbocycles. The molecule has 1 heterocycles. The van der Waals surface area contributed by atoms with Crippen molar-refractivity contribution in [1.29, 1.82) is 0 Å². The normalized spacial score (nSPS) is 16.0. The summed E-state index contributed by atoms with van der Waals surface area (Å²) in [5.74, 6) is 0.732. The molecular weight excluding hydrogens is 232 g/mol. The Morgan fingerprint density at radius 2 is 1.84 bits per heavy atom. The average Bonchev–Trinajstić information content (AvgIpc) is 3.10. The molecule has 1 fully saturated rings. The SMILES string of the molecule is c1ccc(CCCn2ccc(C3CCCC3)n2)cc1. The summed E-state index contributed by atoms with van der Waals surface area (Å²) in [6.45, 7) is 1.03. The third-order valence-corrected chi connectivity index (χ3v) is 4.13. The molecule has 0 bridgehead atoms. The molecule has 0 amide bonds. The summed E-state index contributed by atoms with van der Waals surface area (Å²) in [5, 5.41) is 4.74. The molecule has 0 unspecified atom stereocenters. The monoisotopic (exact) mass is 254 g/mol. The molecule has 1 aliphatic rings. The fourth-order valence-corrected chi connectivity index (χ4v) is 3.03. The van der Waals surface area contributed by atoms with Gasteiger partial charge < -0.3 is 0 Å². The number of rotatable bonds is 5. The maximum atomic E-state index is 4.74. The highest BCUT2D eigenvalue weighted by molar-refractivity contribution is 5.14. The highest BCUT2D eigenvalue weighted by atomic mass is 15.3. The molecule has 2 aromatic rings. The van der Waals surface area contributed by atoms with E-state index in [1.807, 2.05) is 0 Å². The fraction of sp³-hybridized carbons (Fsp3) is 0.471. The molecule has 19 heavy (non-hydrogen) atoms. The number of benzene rings is 1. The summed E-state index contributed by atoms with van der Waals surface area (Å²) in [4.78, 5) is 0. The molecule has 0 N–H and O–H groups in total. The summed E-state index contributed by atoms with van der Waals surface area (Å²) < 4.78 is 2.12. The first-order valence-corrected chi connectivity index (χ1v) is 7.49. The Morgan fingerprint density at radius 1 is 1.05 bits per heavy atom. The molecule has 1 aliphatic carbocycles. The van der Waals surface area contributed by atoms with Crippen LogP contribution in [0.25, 0.3) is 0 Å². The number of hydrogen-bond acceptors (Lipinski definition) is 1. The van der Waals surface area contributed by atoms with Gasteiger partial charge in [-0.3, -0.25) is 4.68 Å². The second-order valence-corrected chi connectivity index (χ2v) is 5.57. The molecule has 2 heteroatoms. The Hall–Kier alpha value is -1.57. The number of hydrogen-bond donors (Lipinski definition) is 0. The standard InChI is InChI=1S/C17H22N2/c1-2-7-15(8-3-1)9-6-13-19-14-12-17(18-19)16-10-4-5-11-16/h1-3,7-8,12,14,16H,4-6,9-11,13H2. The molecule has 2 nitrogen and oxygen atoms in total. The molecular formula is C17H22N2. The van der Waals surface area contributed by atoms with Crippen molar-refractivity contribution < 1.29 is 0 Å². The van der Waals surface area contributed by atoms with Crippen molar-refractivity contribution in [3.63, 3.8) is 0 Å². The van der Waals surface area contributed by atoms with Gasteiger partial charge in [0.1, 0.15) is 0 Å². The van der Waals surface area contributed by atoms with Crippen molar-refractivity contribution in [3.05, 3.63) is 53.9 Å². The van der Waals surface area contributed by atoms with Gasteiger partial charge >= 0.3 is 0 Å². The van der Waals surface area contributed by atoms with Crippen LogP contribution in [0.5, 0.6) is 0 Å². The van der Waals surface area contributed by atoms with E-state index >= 15 is 0 Å². The second kappa shape index (κ2) is 6.05. The maximum Gasteiger partial charge on any atom is 0.0655 e. The van der Waals surface area contributed by atoms with Crippen molar-refractivity contribution in [2.45, 2.75) is 51.0 Å². The summed E-state index contributed by atoms with van der Waals surface area (Å²) in [7, 11) is 0. The molecule has 0 saturated heterocycles. The minimum Gasteiger partial charge on any atom is -0.272 e. The van der Waals surface area contributed by atoms with Crippen LogP contribution in [0.2, 0.25) is 0 Å². The van der Waals surface area contributed by atoms with E-state index in [0.29, 0.717) is 0 Å². The van der Waals surface area contributed by atoms with E-state index in [2.05, 4.69) is 47.3 Å². The second-order valence-electron chi connectivity index (χ2n) is 5.57. The minimum absolute atomic E-state index is 0.732. The molecule has 100 valence electrons. The lowest BCUT2D eigenvalue weighted by Crippen LogP contribution is -2.02. The zero-order chi connectivity index (χ0) is 12.9. The van der Waals surface area contributed by atoms with E-state index in [1.54, 1.807) is 0 Å². The Labute approximate surface area is 115 Å². The van der Waals surface area contributed by atoms with Crippen molar-refractivity contribution in [1.82, 2.24) is 9.78 Å². The van der Waals surface area contributed by atoms with Crippen LogP contribution in [0.3, 0.4) is 0 Å². The van der Waals surface area contributed by atoms with Crippen LogP contribution in [0.15, 0.2) is 42.6 Å². The van der Waals surface area contributed by atoms with E-state index in [0.717, 1.165) is 25.3 Å². The summed E-state index contributed by atoms with van der Waals surface area (Å²) in [5.41, 5.74) is 2.74. The van der Waals surface area contributed by atoms with Crippen molar-refractivity contribution in [3.8, 4) is 0 Å². The molecule has 3 rings (SSSR count). The molecule has 0 spiro atoms. The van der Waals surface area contributed by atoms with Gasteiger partial charge in [-0.1, -0.05) is 43.2 Å². The number of aryl methyl sites for hydroxylation is 2. The van der Waals surface area contributed by atoms with Crippen molar-refractivity contribution in [2.24, 2.45) is 0 Å². The van der Waals surface area contributed by atoms with Crippen LogP contribution in [0, 0.1) is 0 Å². The summed E-state index contributed by atoms with van der Waals surface area (Å²) >= 11 is 0. The zero-order valence-electron chi connectivity index (χ0n) is 11.5. The molecule has 1 aromatic heterocycles. The average molecular weight is 254 g/mol. The Balaban J connectivity index is 1.50. The van der Waals surface area contributed by atoms with Crippen LogP contribution >= 0.6 is 0 Å². The van der Waals surface area contributed by atoms with Crippen LogP contribution in [-0.4, -0.2) is 9.78 Å². The largest absolute Gasteiger partial charge is 0.272 e. The number of nitrogens with zero attached hydrogens (tertiary/aromatic N) is 2.